The number of nitrogens with one attached hydrogen (secondary N) is 1. The van der Waals surface area contributed by atoms with Crippen LogP contribution in [0.25, 0.3) is 0 Å². The van der Waals surface area contributed by atoms with Gasteiger partial charge in [-0.05, 0) is 12.8 Å². The maximum absolute atomic E-state index is 11.9. The van der Waals surface area contributed by atoms with Gasteiger partial charge in [0.1, 0.15) is 0 Å². The summed E-state index contributed by atoms with van der Waals surface area (Å²) in [5.74, 6) is -0.465. The third-order valence-electron chi connectivity index (χ3n) is 2.92. The van der Waals surface area contributed by atoms with E-state index in [-0.39, 0.29) is 24.1 Å². The van der Waals surface area contributed by atoms with E-state index in [0.717, 1.165) is 6.42 Å². The zero-order valence-electron chi connectivity index (χ0n) is 10.5. The Morgan fingerprint density at radius 2 is 2.28 bits per heavy atom. The van der Waals surface area contributed by atoms with Gasteiger partial charge in [0.05, 0.1) is 11.7 Å². The highest BCUT2D eigenvalue weighted by Crippen LogP contribution is 2.19. The van der Waals surface area contributed by atoms with Gasteiger partial charge in [-0.3, -0.25) is 4.79 Å². The predicted octanol–water partition coefficient (Wildman–Crippen LogP) is -0.711. The molecule has 0 aromatic heterocycles. The normalized spacial score (nSPS) is 21.5. The molecule has 1 heterocycles. The number of piperidine rings is 1. The monoisotopic (exact) mass is 275 g/mol. The number of nitrogens with two attached hydrogens (primary N) is 1. The summed E-state index contributed by atoms with van der Waals surface area (Å²) in [4.78, 5) is 11.8. The van der Waals surface area contributed by atoms with Gasteiger partial charge in [0.15, 0.2) is 0 Å². The van der Waals surface area contributed by atoms with Gasteiger partial charge in [0.25, 0.3) is 0 Å². The minimum absolute atomic E-state index is 0.0792. The first-order valence-electron chi connectivity index (χ1n) is 6.07. The van der Waals surface area contributed by atoms with Gasteiger partial charge < -0.3 is 11.1 Å². The van der Waals surface area contributed by atoms with E-state index < -0.39 is 10.0 Å². The first-order chi connectivity index (χ1) is 8.51. The Morgan fingerprint density at radius 1 is 1.56 bits per heavy atom. The number of hydrogen-bond acceptors (Lipinski definition) is 4. The van der Waals surface area contributed by atoms with Gasteiger partial charge in [-0.2, -0.15) is 0 Å². The molecule has 104 valence electrons. The Bertz CT molecular complexity index is 394. The molecule has 0 spiro atoms. The molecule has 0 aliphatic carbocycles. The topological polar surface area (TPSA) is 92.5 Å². The Hall–Kier alpha value is -0.920. The van der Waals surface area contributed by atoms with Crippen LogP contribution in [0.1, 0.15) is 12.8 Å². The lowest BCUT2D eigenvalue weighted by Crippen LogP contribution is -2.46. The van der Waals surface area contributed by atoms with Crippen molar-refractivity contribution in [3.63, 3.8) is 0 Å². The molecule has 1 fully saturated rings. The van der Waals surface area contributed by atoms with Crippen molar-refractivity contribution in [1.29, 1.82) is 0 Å². The Labute approximate surface area is 108 Å². The maximum Gasteiger partial charge on any atom is 0.224 e. The van der Waals surface area contributed by atoms with Crippen molar-refractivity contribution in [2.75, 3.05) is 31.9 Å². The highest BCUT2D eigenvalue weighted by Gasteiger charge is 2.31. The van der Waals surface area contributed by atoms with E-state index >= 15 is 0 Å². The van der Waals surface area contributed by atoms with Crippen LogP contribution < -0.4 is 11.1 Å². The van der Waals surface area contributed by atoms with Crippen molar-refractivity contribution < 1.29 is 13.2 Å². The molecule has 7 heteroatoms. The smallest absolute Gasteiger partial charge is 0.224 e. The average Bonchev–Trinajstić information content (AvgIpc) is 2.36. The summed E-state index contributed by atoms with van der Waals surface area (Å²) in [6.07, 6.45) is 2.79. The van der Waals surface area contributed by atoms with Crippen molar-refractivity contribution >= 4 is 15.9 Å². The van der Waals surface area contributed by atoms with E-state index in [2.05, 4.69) is 11.9 Å². The summed E-state index contributed by atoms with van der Waals surface area (Å²) in [7, 11) is -3.31. The number of amides is 1. The van der Waals surface area contributed by atoms with Gasteiger partial charge in [0, 0.05) is 26.2 Å². The SMILES string of the molecule is C=CCS(=O)(=O)N1CCCC(C(=O)NCCN)C1. The molecule has 1 aliphatic rings. The van der Waals surface area contributed by atoms with Crippen molar-refractivity contribution in [2.45, 2.75) is 12.8 Å². The fourth-order valence-corrected chi connectivity index (χ4v) is 3.33. The molecule has 1 saturated heterocycles. The van der Waals surface area contributed by atoms with Crippen molar-refractivity contribution in [3.05, 3.63) is 12.7 Å². The maximum atomic E-state index is 11.9. The standard InChI is InChI=1S/C11H21N3O3S/c1-2-8-18(16,17)14-7-3-4-10(9-14)11(15)13-6-5-12/h2,10H,1,3-9,12H2,(H,13,15). The average molecular weight is 275 g/mol. The number of sulfonamides is 1. The zero-order chi connectivity index (χ0) is 13.6. The predicted molar refractivity (Wildman–Crippen MR) is 70.3 cm³/mol. The molecular weight excluding hydrogens is 254 g/mol. The van der Waals surface area contributed by atoms with E-state index in [1.54, 1.807) is 0 Å². The van der Waals surface area contributed by atoms with E-state index in [9.17, 15) is 13.2 Å². The van der Waals surface area contributed by atoms with Gasteiger partial charge in [-0.25, -0.2) is 12.7 Å². The van der Waals surface area contributed by atoms with Crippen LogP contribution in [0.2, 0.25) is 0 Å². The Morgan fingerprint density at radius 3 is 2.89 bits per heavy atom. The van der Waals surface area contributed by atoms with Crippen LogP contribution in [0.5, 0.6) is 0 Å². The minimum Gasteiger partial charge on any atom is -0.355 e. The number of rotatable bonds is 6. The van der Waals surface area contributed by atoms with Crippen LogP contribution in [0.3, 0.4) is 0 Å². The molecule has 1 amide bonds. The molecule has 0 aromatic rings. The summed E-state index contributed by atoms with van der Waals surface area (Å²) in [5, 5.41) is 2.70. The minimum atomic E-state index is -3.31. The number of carbonyl (C=O) groups is 1. The van der Waals surface area contributed by atoms with Crippen LogP contribution in [0.15, 0.2) is 12.7 Å². The molecule has 1 rings (SSSR count). The van der Waals surface area contributed by atoms with Crippen LogP contribution in [-0.2, 0) is 14.8 Å². The molecule has 6 nitrogen and oxygen atoms in total. The zero-order valence-corrected chi connectivity index (χ0v) is 11.3. The fraction of sp³-hybridized carbons (Fsp3) is 0.727. The van der Waals surface area contributed by atoms with Gasteiger partial charge in [0.2, 0.25) is 15.9 Å². The van der Waals surface area contributed by atoms with Gasteiger partial charge in [-0.15, -0.1) is 6.58 Å². The van der Waals surface area contributed by atoms with E-state index in [0.29, 0.717) is 26.1 Å². The second kappa shape index (κ2) is 6.86. The number of carbonyl (C=O) groups excluding carboxylic acids is 1. The summed E-state index contributed by atoms with van der Waals surface area (Å²) >= 11 is 0. The Balaban J connectivity index is 2.61. The number of hydrogen-bond donors (Lipinski definition) is 2. The molecule has 1 atom stereocenters. The van der Waals surface area contributed by atoms with E-state index in [4.69, 9.17) is 5.73 Å². The second-order valence-electron chi connectivity index (χ2n) is 4.34. The quantitative estimate of drug-likeness (QED) is 0.626. The highest BCUT2D eigenvalue weighted by molar-refractivity contribution is 7.89. The van der Waals surface area contributed by atoms with E-state index in [1.807, 2.05) is 0 Å². The molecule has 0 radical (unpaired) electrons. The fourth-order valence-electron chi connectivity index (χ4n) is 2.00. The number of nitrogens with zero attached hydrogens (tertiary/aromatic N) is 1. The van der Waals surface area contributed by atoms with Crippen molar-refractivity contribution in [3.8, 4) is 0 Å². The van der Waals surface area contributed by atoms with Crippen LogP contribution >= 0.6 is 0 Å². The lowest BCUT2D eigenvalue weighted by Gasteiger charge is -2.30. The van der Waals surface area contributed by atoms with Crippen molar-refractivity contribution in [1.82, 2.24) is 9.62 Å². The molecule has 3 N–H and O–H groups in total. The first-order valence-corrected chi connectivity index (χ1v) is 7.68. The molecular formula is C11H21N3O3S. The second-order valence-corrected chi connectivity index (χ2v) is 6.36. The third-order valence-corrected chi connectivity index (χ3v) is 4.70. The Kier molecular flexibility index (Phi) is 5.77. The molecule has 1 unspecified atom stereocenters. The van der Waals surface area contributed by atoms with E-state index in [1.165, 1.54) is 10.4 Å². The summed E-state index contributed by atoms with van der Waals surface area (Å²) in [6, 6.07) is 0. The lowest BCUT2D eigenvalue weighted by atomic mass is 9.99. The largest absolute Gasteiger partial charge is 0.355 e. The summed E-state index contributed by atoms with van der Waals surface area (Å²) in [6.45, 7) is 4.99. The van der Waals surface area contributed by atoms with Crippen molar-refractivity contribution in [2.24, 2.45) is 11.7 Å². The van der Waals surface area contributed by atoms with Crippen LogP contribution in [0, 0.1) is 5.92 Å². The lowest BCUT2D eigenvalue weighted by molar-refractivity contribution is -0.126. The summed E-state index contributed by atoms with van der Waals surface area (Å²) in [5.41, 5.74) is 5.31. The van der Waals surface area contributed by atoms with Crippen LogP contribution in [-0.4, -0.2) is 50.6 Å². The third kappa shape index (κ3) is 4.08. The molecule has 1 aliphatic heterocycles. The first kappa shape index (κ1) is 15.1. The highest BCUT2D eigenvalue weighted by atomic mass is 32.2. The molecule has 0 aromatic carbocycles. The molecule has 18 heavy (non-hydrogen) atoms. The van der Waals surface area contributed by atoms with Crippen LogP contribution in [0.4, 0.5) is 0 Å². The molecule has 0 saturated carbocycles. The van der Waals surface area contributed by atoms with Gasteiger partial charge in [-0.1, -0.05) is 6.08 Å². The van der Waals surface area contributed by atoms with Gasteiger partial charge >= 0.3 is 0 Å². The summed E-state index contributed by atoms with van der Waals surface area (Å²) < 4.78 is 25.1. The molecule has 0 bridgehead atoms.